The Hall–Kier alpha value is -0.950. The molecule has 1 aromatic carbocycles. The first-order chi connectivity index (χ1) is 12.2. The minimum absolute atomic E-state index is 0.400. The molecule has 0 bridgehead atoms. The van der Waals surface area contributed by atoms with E-state index in [1.165, 1.54) is 5.56 Å². The minimum Gasteiger partial charge on any atom is -0.383 e. The lowest BCUT2D eigenvalue weighted by molar-refractivity contribution is 0.121. The van der Waals surface area contributed by atoms with Gasteiger partial charge in [-0.25, -0.2) is 13.1 Å². The molecule has 5 nitrogen and oxygen atoms in total. The average molecular weight is 383 g/mol. The van der Waals surface area contributed by atoms with E-state index in [4.69, 9.17) is 4.74 Å². The van der Waals surface area contributed by atoms with Crippen molar-refractivity contribution < 1.29 is 13.2 Å². The van der Waals surface area contributed by atoms with Gasteiger partial charge in [0.15, 0.2) is 0 Å². The van der Waals surface area contributed by atoms with Crippen LogP contribution in [0.15, 0.2) is 4.90 Å². The van der Waals surface area contributed by atoms with Crippen molar-refractivity contribution in [3.8, 4) is 0 Å². The van der Waals surface area contributed by atoms with Crippen molar-refractivity contribution in [1.29, 1.82) is 0 Å². The highest BCUT2D eigenvalue weighted by molar-refractivity contribution is 7.89. The Morgan fingerprint density at radius 1 is 0.962 bits per heavy atom. The predicted octanol–water partition coefficient (Wildman–Crippen LogP) is 2.87. The van der Waals surface area contributed by atoms with E-state index in [0.29, 0.717) is 17.4 Å². The summed E-state index contributed by atoms with van der Waals surface area (Å²) in [5, 5.41) is 0. The summed E-state index contributed by atoms with van der Waals surface area (Å²) in [5.74, 6) is 0.400. The van der Waals surface area contributed by atoms with Crippen molar-refractivity contribution in [3.63, 3.8) is 0 Å². The minimum atomic E-state index is -3.49. The Kier molecular flexibility index (Phi) is 7.25. The zero-order valence-electron chi connectivity index (χ0n) is 17.1. The number of benzene rings is 1. The first kappa shape index (κ1) is 21.4. The van der Waals surface area contributed by atoms with Crippen molar-refractivity contribution in [3.05, 3.63) is 27.8 Å². The zero-order valence-corrected chi connectivity index (χ0v) is 17.9. The number of hydrogen-bond acceptors (Lipinski definition) is 4. The Labute approximate surface area is 159 Å². The van der Waals surface area contributed by atoms with Crippen molar-refractivity contribution in [2.75, 3.05) is 39.9 Å². The summed E-state index contributed by atoms with van der Waals surface area (Å²) < 4.78 is 34.0. The van der Waals surface area contributed by atoms with Crippen LogP contribution in [-0.2, 0) is 14.8 Å². The fourth-order valence-electron chi connectivity index (χ4n) is 3.80. The standard InChI is InChI=1S/C20H34N2O3S/c1-14-15(2)17(4)20(18(5)16(14)3)26(23,24)21-13-19-7-9-22(10-8-19)11-12-25-6/h19,21H,7-13H2,1-6H3. The molecule has 1 aliphatic heterocycles. The average Bonchev–Trinajstić information content (AvgIpc) is 2.62. The second-order valence-corrected chi connectivity index (χ2v) is 9.29. The molecule has 0 spiro atoms. The molecule has 26 heavy (non-hydrogen) atoms. The number of methoxy groups -OCH3 is 1. The van der Waals surface area contributed by atoms with Crippen LogP contribution in [0.4, 0.5) is 0 Å². The summed E-state index contributed by atoms with van der Waals surface area (Å²) in [5.41, 5.74) is 5.06. The summed E-state index contributed by atoms with van der Waals surface area (Å²) in [4.78, 5) is 2.85. The topological polar surface area (TPSA) is 58.6 Å². The summed E-state index contributed by atoms with van der Waals surface area (Å²) >= 11 is 0. The van der Waals surface area contributed by atoms with Gasteiger partial charge in [-0.15, -0.1) is 0 Å². The van der Waals surface area contributed by atoms with E-state index < -0.39 is 10.0 Å². The highest BCUT2D eigenvalue weighted by Gasteiger charge is 2.26. The van der Waals surface area contributed by atoms with Crippen LogP contribution < -0.4 is 4.72 Å². The lowest BCUT2D eigenvalue weighted by Crippen LogP contribution is -2.40. The number of sulfonamides is 1. The molecule has 0 aromatic heterocycles. The summed E-state index contributed by atoms with van der Waals surface area (Å²) in [6.07, 6.45) is 2.05. The molecule has 1 N–H and O–H groups in total. The number of hydrogen-bond donors (Lipinski definition) is 1. The van der Waals surface area contributed by atoms with Crippen molar-refractivity contribution in [2.45, 2.75) is 52.4 Å². The molecule has 0 atom stereocenters. The van der Waals surface area contributed by atoms with E-state index in [1.807, 2.05) is 27.7 Å². The molecule has 1 heterocycles. The predicted molar refractivity (Wildman–Crippen MR) is 106 cm³/mol. The SMILES string of the molecule is COCCN1CCC(CNS(=O)(=O)c2c(C)c(C)c(C)c(C)c2C)CC1. The molecule has 0 unspecified atom stereocenters. The van der Waals surface area contributed by atoms with Gasteiger partial charge in [-0.1, -0.05) is 0 Å². The van der Waals surface area contributed by atoms with Crippen LogP contribution in [0.3, 0.4) is 0 Å². The van der Waals surface area contributed by atoms with E-state index in [9.17, 15) is 8.42 Å². The molecule has 0 saturated carbocycles. The Morgan fingerprint density at radius 2 is 1.46 bits per heavy atom. The molecule has 6 heteroatoms. The van der Waals surface area contributed by atoms with Gasteiger partial charge in [0.05, 0.1) is 11.5 Å². The summed E-state index contributed by atoms with van der Waals surface area (Å²) in [6.45, 7) is 14.1. The molecule has 1 aliphatic rings. The van der Waals surface area contributed by atoms with Crippen LogP contribution in [0.1, 0.15) is 40.7 Å². The molecule has 148 valence electrons. The zero-order chi connectivity index (χ0) is 19.5. The monoisotopic (exact) mass is 382 g/mol. The van der Waals surface area contributed by atoms with E-state index in [0.717, 1.165) is 61.3 Å². The molecule has 1 aromatic rings. The van der Waals surface area contributed by atoms with Crippen molar-refractivity contribution in [2.24, 2.45) is 5.92 Å². The molecular formula is C20H34N2O3S. The third-order valence-electron chi connectivity index (χ3n) is 6.08. The maximum atomic E-state index is 13.0. The van der Waals surface area contributed by atoms with E-state index in [-0.39, 0.29) is 0 Å². The second-order valence-electron chi connectivity index (χ2n) is 7.58. The maximum absolute atomic E-state index is 13.0. The van der Waals surface area contributed by atoms with Crippen LogP contribution in [0.25, 0.3) is 0 Å². The third kappa shape index (κ3) is 4.66. The molecule has 1 fully saturated rings. The largest absolute Gasteiger partial charge is 0.383 e. The fraction of sp³-hybridized carbons (Fsp3) is 0.700. The summed E-state index contributed by atoms with van der Waals surface area (Å²) in [7, 11) is -1.77. The number of rotatable bonds is 7. The van der Waals surface area contributed by atoms with Crippen LogP contribution >= 0.6 is 0 Å². The van der Waals surface area contributed by atoms with Gasteiger partial charge >= 0.3 is 0 Å². The lowest BCUT2D eigenvalue weighted by Gasteiger charge is -2.31. The number of ether oxygens (including phenoxy) is 1. The van der Waals surface area contributed by atoms with E-state index in [1.54, 1.807) is 7.11 Å². The van der Waals surface area contributed by atoms with Crippen LogP contribution in [-0.4, -0.2) is 53.2 Å². The number of piperidine rings is 1. The smallest absolute Gasteiger partial charge is 0.241 e. The maximum Gasteiger partial charge on any atom is 0.241 e. The molecule has 0 aliphatic carbocycles. The van der Waals surface area contributed by atoms with Crippen LogP contribution in [0, 0.1) is 40.5 Å². The normalized spacial score (nSPS) is 17.0. The van der Waals surface area contributed by atoms with Crippen molar-refractivity contribution in [1.82, 2.24) is 9.62 Å². The van der Waals surface area contributed by atoms with Gasteiger partial charge in [-0.05, 0) is 94.3 Å². The molecule has 2 rings (SSSR count). The van der Waals surface area contributed by atoms with Gasteiger partial charge in [-0.2, -0.15) is 0 Å². The first-order valence-electron chi connectivity index (χ1n) is 9.47. The molecule has 0 amide bonds. The quantitative estimate of drug-likeness (QED) is 0.788. The fourth-order valence-corrected chi connectivity index (χ4v) is 5.51. The Balaban J connectivity index is 2.05. The second kappa shape index (κ2) is 8.83. The Morgan fingerprint density at radius 3 is 1.96 bits per heavy atom. The van der Waals surface area contributed by atoms with Crippen LogP contribution in [0.5, 0.6) is 0 Å². The van der Waals surface area contributed by atoms with Crippen molar-refractivity contribution >= 4 is 10.0 Å². The number of nitrogens with one attached hydrogen (secondary N) is 1. The highest BCUT2D eigenvalue weighted by Crippen LogP contribution is 2.29. The number of likely N-dealkylation sites (tertiary alicyclic amines) is 1. The molecule has 0 radical (unpaired) electrons. The van der Waals surface area contributed by atoms with Gasteiger partial charge in [0.1, 0.15) is 0 Å². The van der Waals surface area contributed by atoms with Gasteiger partial charge in [0.2, 0.25) is 10.0 Å². The van der Waals surface area contributed by atoms with Gasteiger partial charge in [-0.3, -0.25) is 0 Å². The van der Waals surface area contributed by atoms with Gasteiger partial charge < -0.3 is 9.64 Å². The van der Waals surface area contributed by atoms with E-state index >= 15 is 0 Å². The summed E-state index contributed by atoms with van der Waals surface area (Å²) in [6, 6.07) is 0. The van der Waals surface area contributed by atoms with Gasteiger partial charge in [0.25, 0.3) is 0 Å². The van der Waals surface area contributed by atoms with Gasteiger partial charge in [0, 0.05) is 20.2 Å². The first-order valence-corrected chi connectivity index (χ1v) is 10.9. The van der Waals surface area contributed by atoms with E-state index in [2.05, 4.69) is 16.5 Å². The molecule has 1 saturated heterocycles. The lowest BCUT2D eigenvalue weighted by atomic mass is 9.95. The molecular weight excluding hydrogens is 348 g/mol. The van der Waals surface area contributed by atoms with Crippen LogP contribution in [0.2, 0.25) is 0 Å². The highest BCUT2D eigenvalue weighted by atomic mass is 32.2. The Bertz CT molecular complexity index is 707. The number of nitrogens with zero attached hydrogens (tertiary/aromatic N) is 1. The third-order valence-corrected chi connectivity index (χ3v) is 7.78.